The largest absolute Gasteiger partial charge is 0.323 e. The lowest BCUT2D eigenvalue weighted by molar-refractivity contribution is -0.130. The van der Waals surface area contributed by atoms with Gasteiger partial charge in [-0.25, -0.2) is 0 Å². The quantitative estimate of drug-likeness (QED) is 0.756. The number of carbonyl (C=O) groups is 2. The Bertz CT molecular complexity index is 419. The highest BCUT2D eigenvalue weighted by Gasteiger charge is 2.27. The third-order valence-electron chi connectivity index (χ3n) is 2.85. The molecule has 5 nitrogen and oxygen atoms in total. The number of nitrogens with zero attached hydrogens (tertiary/aromatic N) is 3. The zero-order valence-corrected chi connectivity index (χ0v) is 9.80. The Balaban J connectivity index is 2.02. The molecule has 2 heterocycles. The van der Waals surface area contributed by atoms with Gasteiger partial charge in [0.1, 0.15) is 0 Å². The van der Waals surface area contributed by atoms with Crippen LogP contribution in [0.2, 0.25) is 0 Å². The number of pyridine rings is 1. The average molecular weight is 233 g/mol. The van der Waals surface area contributed by atoms with Gasteiger partial charge < -0.3 is 9.80 Å². The lowest BCUT2D eigenvalue weighted by Crippen LogP contribution is -2.33. The van der Waals surface area contributed by atoms with E-state index < -0.39 is 0 Å². The van der Waals surface area contributed by atoms with E-state index in [1.54, 1.807) is 34.3 Å². The molecule has 0 atom stereocenters. The summed E-state index contributed by atoms with van der Waals surface area (Å²) in [5.74, 6) is 0.0498. The second kappa shape index (κ2) is 4.95. The maximum atomic E-state index is 12.1. The number of hydrogen-bond acceptors (Lipinski definition) is 3. The molecule has 5 heteroatoms. The summed E-state index contributed by atoms with van der Waals surface area (Å²) in [6.45, 7) is 3.46. The molecule has 2 amide bonds. The number of carbonyl (C=O) groups excluding carboxylic acids is 2. The van der Waals surface area contributed by atoms with Crippen LogP contribution < -0.4 is 0 Å². The molecule has 90 valence electrons. The fourth-order valence-electron chi connectivity index (χ4n) is 1.86. The molecule has 1 aliphatic rings. The van der Waals surface area contributed by atoms with Gasteiger partial charge in [0.15, 0.2) is 0 Å². The zero-order chi connectivity index (χ0) is 12.3. The van der Waals surface area contributed by atoms with Crippen LogP contribution in [-0.2, 0) is 4.79 Å². The van der Waals surface area contributed by atoms with Gasteiger partial charge in [-0.1, -0.05) is 6.92 Å². The molecule has 0 bridgehead atoms. The highest BCUT2D eigenvalue weighted by Crippen LogP contribution is 2.11. The van der Waals surface area contributed by atoms with Crippen molar-refractivity contribution in [1.29, 1.82) is 0 Å². The van der Waals surface area contributed by atoms with Crippen molar-refractivity contribution in [3.63, 3.8) is 0 Å². The summed E-state index contributed by atoms with van der Waals surface area (Å²) < 4.78 is 0. The molecule has 0 spiro atoms. The van der Waals surface area contributed by atoms with Gasteiger partial charge in [0.25, 0.3) is 5.91 Å². The van der Waals surface area contributed by atoms with E-state index in [2.05, 4.69) is 4.98 Å². The second-order valence-corrected chi connectivity index (χ2v) is 3.96. The van der Waals surface area contributed by atoms with Crippen LogP contribution in [0.1, 0.15) is 23.7 Å². The van der Waals surface area contributed by atoms with Gasteiger partial charge in [0.05, 0.1) is 6.67 Å². The predicted molar refractivity (Wildman–Crippen MR) is 62.1 cm³/mol. The SMILES string of the molecule is CCC(=O)N1CCN(C(=O)c2ccncc2)C1. The zero-order valence-electron chi connectivity index (χ0n) is 9.80. The fraction of sp³-hybridized carbons (Fsp3) is 0.417. The number of hydrogen-bond donors (Lipinski definition) is 0. The molecule has 1 aromatic rings. The summed E-state index contributed by atoms with van der Waals surface area (Å²) in [6, 6.07) is 3.37. The normalized spacial score (nSPS) is 15.1. The van der Waals surface area contributed by atoms with E-state index in [9.17, 15) is 9.59 Å². The van der Waals surface area contributed by atoms with Gasteiger partial charge in [-0.05, 0) is 12.1 Å². The molecule has 1 aliphatic heterocycles. The minimum Gasteiger partial charge on any atom is -0.323 e. The second-order valence-electron chi connectivity index (χ2n) is 3.96. The molecule has 1 aromatic heterocycles. The number of aromatic nitrogens is 1. The first kappa shape index (κ1) is 11.6. The van der Waals surface area contributed by atoms with Crippen molar-refractivity contribution in [3.05, 3.63) is 30.1 Å². The van der Waals surface area contributed by atoms with E-state index in [1.165, 1.54) is 0 Å². The van der Waals surface area contributed by atoms with Gasteiger partial charge >= 0.3 is 0 Å². The van der Waals surface area contributed by atoms with Crippen molar-refractivity contribution in [2.75, 3.05) is 19.8 Å². The first-order valence-corrected chi connectivity index (χ1v) is 5.69. The molecule has 0 unspecified atom stereocenters. The van der Waals surface area contributed by atoms with E-state index >= 15 is 0 Å². The number of rotatable bonds is 2. The van der Waals surface area contributed by atoms with Crippen LogP contribution in [0.5, 0.6) is 0 Å². The molecule has 1 saturated heterocycles. The Kier molecular flexibility index (Phi) is 3.37. The topological polar surface area (TPSA) is 53.5 Å². The Morgan fingerprint density at radius 2 is 1.88 bits per heavy atom. The van der Waals surface area contributed by atoms with Crippen molar-refractivity contribution in [1.82, 2.24) is 14.8 Å². The molecule has 0 aromatic carbocycles. The van der Waals surface area contributed by atoms with Gasteiger partial charge in [-0.2, -0.15) is 0 Å². The molecule has 0 aliphatic carbocycles. The fourth-order valence-corrected chi connectivity index (χ4v) is 1.86. The van der Waals surface area contributed by atoms with Crippen LogP contribution in [0.3, 0.4) is 0 Å². The summed E-state index contributed by atoms with van der Waals surface area (Å²) in [6.07, 6.45) is 3.67. The van der Waals surface area contributed by atoms with E-state index in [4.69, 9.17) is 0 Å². The standard InChI is InChI=1S/C12H15N3O2/c1-2-11(16)14-7-8-15(9-14)12(17)10-3-5-13-6-4-10/h3-6H,2,7-9H2,1H3. The Morgan fingerprint density at radius 1 is 1.24 bits per heavy atom. The molecule has 1 fully saturated rings. The number of amides is 2. The van der Waals surface area contributed by atoms with Crippen LogP contribution in [-0.4, -0.2) is 46.4 Å². The van der Waals surface area contributed by atoms with E-state index in [0.29, 0.717) is 31.7 Å². The van der Waals surface area contributed by atoms with E-state index in [0.717, 1.165) is 0 Å². The van der Waals surface area contributed by atoms with E-state index in [1.807, 2.05) is 6.92 Å². The van der Waals surface area contributed by atoms with Crippen molar-refractivity contribution < 1.29 is 9.59 Å². The summed E-state index contributed by atoms with van der Waals surface area (Å²) in [5.41, 5.74) is 0.616. The maximum Gasteiger partial charge on any atom is 0.255 e. The molecule has 0 N–H and O–H groups in total. The van der Waals surface area contributed by atoms with Crippen molar-refractivity contribution in [2.45, 2.75) is 13.3 Å². The Morgan fingerprint density at radius 3 is 2.53 bits per heavy atom. The summed E-state index contributed by atoms with van der Waals surface area (Å²) >= 11 is 0. The van der Waals surface area contributed by atoms with Crippen LogP contribution in [0.15, 0.2) is 24.5 Å². The van der Waals surface area contributed by atoms with Gasteiger partial charge in [-0.15, -0.1) is 0 Å². The first-order valence-electron chi connectivity index (χ1n) is 5.69. The van der Waals surface area contributed by atoms with Gasteiger partial charge in [0, 0.05) is 37.5 Å². The molecular weight excluding hydrogens is 218 g/mol. The van der Waals surface area contributed by atoms with Crippen molar-refractivity contribution in [3.8, 4) is 0 Å². The van der Waals surface area contributed by atoms with Crippen LogP contribution in [0, 0.1) is 0 Å². The average Bonchev–Trinajstić information content (AvgIpc) is 2.87. The van der Waals surface area contributed by atoms with Crippen LogP contribution in [0.25, 0.3) is 0 Å². The van der Waals surface area contributed by atoms with Crippen molar-refractivity contribution >= 4 is 11.8 Å². The summed E-state index contributed by atoms with van der Waals surface area (Å²) in [7, 11) is 0. The molecule has 2 rings (SSSR count). The third kappa shape index (κ3) is 2.43. The molecular formula is C12H15N3O2. The van der Waals surface area contributed by atoms with Gasteiger partial charge in [-0.3, -0.25) is 14.6 Å². The predicted octanol–water partition coefficient (Wildman–Crippen LogP) is 0.734. The van der Waals surface area contributed by atoms with Gasteiger partial charge in [0.2, 0.25) is 5.91 Å². The Labute approximate surface area is 100 Å². The smallest absolute Gasteiger partial charge is 0.255 e. The van der Waals surface area contributed by atoms with Crippen LogP contribution >= 0.6 is 0 Å². The molecule has 17 heavy (non-hydrogen) atoms. The summed E-state index contributed by atoms with van der Waals surface area (Å²) in [4.78, 5) is 30.8. The lowest BCUT2D eigenvalue weighted by Gasteiger charge is -2.17. The highest BCUT2D eigenvalue weighted by atomic mass is 16.2. The first-order chi connectivity index (χ1) is 8.22. The molecule has 0 saturated carbocycles. The highest BCUT2D eigenvalue weighted by molar-refractivity contribution is 5.94. The minimum absolute atomic E-state index is 0.0428. The third-order valence-corrected chi connectivity index (χ3v) is 2.85. The van der Waals surface area contributed by atoms with Crippen molar-refractivity contribution in [2.24, 2.45) is 0 Å². The monoisotopic (exact) mass is 233 g/mol. The lowest BCUT2D eigenvalue weighted by atomic mass is 10.2. The maximum absolute atomic E-state index is 12.1. The summed E-state index contributed by atoms with van der Waals surface area (Å²) in [5, 5.41) is 0. The minimum atomic E-state index is -0.0428. The Hall–Kier alpha value is -1.91. The van der Waals surface area contributed by atoms with E-state index in [-0.39, 0.29) is 11.8 Å². The molecule has 0 radical (unpaired) electrons. The van der Waals surface area contributed by atoms with Crippen LogP contribution in [0.4, 0.5) is 0 Å².